The Bertz CT molecular complexity index is 2230. The fourth-order valence-corrected chi connectivity index (χ4v) is 6.89. The van der Waals surface area contributed by atoms with E-state index in [4.69, 9.17) is 19.4 Å². The van der Waals surface area contributed by atoms with Gasteiger partial charge in [-0.2, -0.15) is 0 Å². The van der Waals surface area contributed by atoms with Gasteiger partial charge in [-0.3, -0.25) is 0 Å². The van der Waals surface area contributed by atoms with Gasteiger partial charge in [-0.1, -0.05) is 119 Å². The maximum Gasteiger partial charge on any atom is 0.164 e. The van der Waals surface area contributed by atoms with Crippen LogP contribution in [-0.4, -0.2) is 15.0 Å². The Balaban J connectivity index is 1.35. The van der Waals surface area contributed by atoms with Gasteiger partial charge < -0.3 is 4.42 Å². The van der Waals surface area contributed by atoms with E-state index in [1.165, 1.54) is 17.5 Å². The standard InChI is InChI=1S/C41H35N3O/c1-40(2)22-23-41(3,4)34-24-27(19-21-33(34)40)37-42-38(28-18-20-31-30-15-10-11-17-35(30)45-36(31)25-28)44-39(43-37)32-16-9-8-14-29(32)26-12-6-5-7-13-26/h5-21,24-25H,22-23H2,1-4H3. The van der Waals surface area contributed by atoms with E-state index in [1.54, 1.807) is 0 Å². The summed E-state index contributed by atoms with van der Waals surface area (Å²) in [5.74, 6) is 1.94. The summed E-state index contributed by atoms with van der Waals surface area (Å²) in [6.45, 7) is 9.42. The number of benzene rings is 5. The molecule has 2 heterocycles. The third kappa shape index (κ3) is 4.73. The maximum absolute atomic E-state index is 6.25. The lowest BCUT2D eigenvalue weighted by Crippen LogP contribution is -2.33. The molecule has 1 aliphatic rings. The predicted molar refractivity (Wildman–Crippen MR) is 184 cm³/mol. The number of hydrogen-bond acceptors (Lipinski definition) is 4. The molecule has 1 aliphatic carbocycles. The van der Waals surface area contributed by atoms with Crippen molar-refractivity contribution in [1.82, 2.24) is 15.0 Å². The fraction of sp³-hybridized carbons (Fsp3) is 0.195. The van der Waals surface area contributed by atoms with Crippen LogP contribution in [0.2, 0.25) is 0 Å². The minimum atomic E-state index is 0.0752. The van der Waals surface area contributed by atoms with Crippen molar-refractivity contribution in [3.8, 4) is 45.3 Å². The van der Waals surface area contributed by atoms with Crippen LogP contribution < -0.4 is 0 Å². The lowest BCUT2D eigenvalue weighted by Gasteiger charge is -2.42. The zero-order chi connectivity index (χ0) is 30.8. The molecule has 0 N–H and O–H groups in total. The molecule has 0 unspecified atom stereocenters. The minimum absolute atomic E-state index is 0.0752. The van der Waals surface area contributed by atoms with Crippen molar-refractivity contribution in [2.45, 2.75) is 51.4 Å². The number of nitrogens with zero attached hydrogens (tertiary/aromatic N) is 3. The summed E-state index contributed by atoms with van der Waals surface area (Å²) in [5.41, 5.74) is 9.78. The monoisotopic (exact) mass is 585 g/mol. The van der Waals surface area contributed by atoms with Gasteiger partial charge in [-0.25, -0.2) is 15.0 Å². The molecule has 4 heteroatoms. The van der Waals surface area contributed by atoms with E-state index in [2.05, 4.69) is 119 Å². The number of fused-ring (bicyclic) bond motifs is 4. The van der Waals surface area contributed by atoms with E-state index in [-0.39, 0.29) is 10.8 Å². The van der Waals surface area contributed by atoms with Crippen molar-refractivity contribution in [1.29, 1.82) is 0 Å². The minimum Gasteiger partial charge on any atom is -0.456 e. The Kier molecular flexibility index (Phi) is 6.25. The largest absolute Gasteiger partial charge is 0.456 e. The number of aromatic nitrogens is 3. The molecule has 5 aromatic carbocycles. The van der Waals surface area contributed by atoms with Crippen LogP contribution in [0.1, 0.15) is 51.7 Å². The molecule has 0 saturated heterocycles. The quantitative estimate of drug-likeness (QED) is 0.206. The summed E-state index contributed by atoms with van der Waals surface area (Å²) >= 11 is 0. The summed E-state index contributed by atoms with van der Waals surface area (Å²) < 4.78 is 6.25. The molecule has 45 heavy (non-hydrogen) atoms. The summed E-state index contributed by atoms with van der Waals surface area (Å²) in [5, 5.41) is 2.19. The van der Waals surface area contributed by atoms with E-state index in [9.17, 15) is 0 Å². The van der Waals surface area contributed by atoms with E-state index in [0.29, 0.717) is 17.5 Å². The number of furan rings is 1. The Morgan fingerprint density at radius 2 is 1.04 bits per heavy atom. The predicted octanol–water partition coefficient (Wildman–Crippen LogP) is 10.8. The Hall–Kier alpha value is -5.09. The Labute approximate surface area is 263 Å². The van der Waals surface area contributed by atoms with Crippen molar-refractivity contribution in [3.63, 3.8) is 0 Å². The summed E-state index contributed by atoms with van der Waals surface area (Å²) in [7, 11) is 0. The molecule has 8 rings (SSSR count). The zero-order valence-electron chi connectivity index (χ0n) is 26.1. The first kappa shape index (κ1) is 27.5. The van der Waals surface area contributed by atoms with E-state index in [1.807, 2.05) is 24.3 Å². The first-order valence-electron chi connectivity index (χ1n) is 15.7. The highest BCUT2D eigenvalue weighted by atomic mass is 16.3. The first-order chi connectivity index (χ1) is 21.8. The Morgan fingerprint density at radius 3 is 1.82 bits per heavy atom. The molecule has 2 aromatic heterocycles. The molecule has 0 fully saturated rings. The number of rotatable bonds is 4. The van der Waals surface area contributed by atoms with Gasteiger partial charge in [0.2, 0.25) is 0 Å². The molecule has 220 valence electrons. The molecular weight excluding hydrogens is 550 g/mol. The van der Waals surface area contributed by atoms with E-state index < -0.39 is 0 Å². The van der Waals surface area contributed by atoms with Crippen molar-refractivity contribution in [2.24, 2.45) is 0 Å². The van der Waals surface area contributed by atoms with Gasteiger partial charge in [0, 0.05) is 27.5 Å². The molecule has 0 bridgehead atoms. The number of hydrogen-bond donors (Lipinski definition) is 0. The highest BCUT2D eigenvalue weighted by Gasteiger charge is 2.37. The molecule has 4 nitrogen and oxygen atoms in total. The average molecular weight is 586 g/mol. The van der Waals surface area contributed by atoms with Crippen molar-refractivity contribution >= 4 is 21.9 Å². The summed E-state index contributed by atoms with van der Waals surface area (Å²) in [4.78, 5) is 15.4. The summed E-state index contributed by atoms with van der Waals surface area (Å²) in [6, 6.07) is 40.0. The van der Waals surface area contributed by atoms with Gasteiger partial charge in [0.15, 0.2) is 17.5 Å². The van der Waals surface area contributed by atoms with Crippen molar-refractivity contribution in [2.75, 3.05) is 0 Å². The van der Waals surface area contributed by atoms with Gasteiger partial charge in [-0.15, -0.1) is 0 Å². The fourth-order valence-electron chi connectivity index (χ4n) is 6.89. The lowest BCUT2D eigenvalue weighted by molar-refractivity contribution is 0.332. The normalized spacial score (nSPS) is 15.3. The van der Waals surface area contributed by atoms with Crippen LogP contribution in [0, 0.1) is 0 Å². The van der Waals surface area contributed by atoms with Crippen LogP contribution in [0.4, 0.5) is 0 Å². The van der Waals surface area contributed by atoms with Gasteiger partial charge in [0.05, 0.1) is 0 Å². The van der Waals surface area contributed by atoms with Gasteiger partial charge in [0.1, 0.15) is 11.2 Å². The third-order valence-electron chi connectivity index (χ3n) is 9.64. The van der Waals surface area contributed by atoms with Gasteiger partial charge >= 0.3 is 0 Å². The summed E-state index contributed by atoms with van der Waals surface area (Å²) in [6.07, 6.45) is 2.32. The zero-order valence-corrected chi connectivity index (χ0v) is 26.1. The first-order valence-corrected chi connectivity index (χ1v) is 15.7. The van der Waals surface area contributed by atoms with Gasteiger partial charge in [-0.05, 0) is 70.2 Å². The van der Waals surface area contributed by atoms with Crippen LogP contribution in [0.15, 0.2) is 120 Å². The van der Waals surface area contributed by atoms with Crippen LogP contribution >= 0.6 is 0 Å². The molecule has 0 spiro atoms. The average Bonchev–Trinajstić information content (AvgIpc) is 3.45. The highest BCUT2D eigenvalue weighted by molar-refractivity contribution is 6.05. The van der Waals surface area contributed by atoms with Crippen LogP contribution in [0.3, 0.4) is 0 Å². The number of para-hydroxylation sites is 1. The molecular formula is C41H35N3O. The van der Waals surface area contributed by atoms with Crippen LogP contribution in [0.5, 0.6) is 0 Å². The molecule has 0 saturated carbocycles. The van der Waals surface area contributed by atoms with E-state index in [0.717, 1.165) is 56.2 Å². The van der Waals surface area contributed by atoms with E-state index >= 15 is 0 Å². The van der Waals surface area contributed by atoms with Crippen LogP contribution in [-0.2, 0) is 10.8 Å². The van der Waals surface area contributed by atoms with Crippen molar-refractivity contribution in [3.05, 3.63) is 126 Å². The SMILES string of the molecule is CC1(C)CCC(C)(C)c2cc(-c3nc(-c4ccc5c(c4)oc4ccccc45)nc(-c4ccccc4-c4ccccc4)n3)ccc21. The molecule has 0 atom stereocenters. The highest BCUT2D eigenvalue weighted by Crippen LogP contribution is 2.47. The Morgan fingerprint density at radius 1 is 0.467 bits per heavy atom. The second-order valence-corrected chi connectivity index (χ2v) is 13.6. The van der Waals surface area contributed by atoms with Crippen LogP contribution in [0.25, 0.3) is 67.2 Å². The molecule has 0 radical (unpaired) electrons. The maximum atomic E-state index is 6.25. The lowest BCUT2D eigenvalue weighted by atomic mass is 9.63. The third-order valence-corrected chi connectivity index (χ3v) is 9.64. The topological polar surface area (TPSA) is 51.8 Å². The molecule has 0 amide bonds. The molecule has 7 aromatic rings. The molecule has 0 aliphatic heterocycles. The van der Waals surface area contributed by atoms with Gasteiger partial charge in [0.25, 0.3) is 0 Å². The van der Waals surface area contributed by atoms with Crippen molar-refractivity contribution < 1.29 is 4.42 Å². The second-order valence-electron chi connectivity index (χ2n) is 13.6. The second kappa shape index (κ2) is 10.2. The smallest absolute Gasteiger partial charge is 0.164 e.